The van der Waals surface area contributed by atoms with Gasteiger partial charge in [-0.2, -0.15) is 0 Å². The zero-order valence-electron chi connectivity index (χ0n) is 16.6. The Bertz CT molecular complexity index is 977. The number of aryl methyl sites for hydroxylation is 1. The quantitative estimate of drug-likeness (QED) is 0.244. The predicted molar refractivity (Wildman–Crippen MR) is 131 cm³/mol. The van der Waals surface area contributed by atoms with Gasteiger partial charge in [0.1, 0.15) is 5.69 Å². The summed E-state index contributed by atoms with van der Waals surface area (Å²) in [5.41, 5.74) is 2.61. The van der Waals surface area contributed by atoms with Gasteiger partial charge in [0.15, 0.2) is 5.11 Å². The molecule has 2 N–H and O–H groups in total. The van der Waals surface area contributed by atoms with E-state index in [1.165, 1.54) is 6.07 Å². The Kier molecular flexibility index (Phi) is 7.59. The summed E-state index contributed by atoms with van der Waals surface area (Å²) in [6, 6.07) is 10.5. The summed E-state index contributed by atoms with van der Waals surface area (Å²) in [5, 5.41) is 17.4. The number of carbonyl (C=O) groups is 1. The Morgan fingerprint density at radius 3 is 2.60 bits per heavy atom. The summed E-state index contributed by atoms with van der Waals surface area (Å²) in [6.07, 6.45) is 3.98. The lowest BCUT2D eigenvalue weighted by molar-refractivity contribution is -0.384. The van der Waals surface area contributed by atoms with Crippen LogP contribution in [0.4, 0.5) is 17.1 Å². The molecule has 1 amide bonds. The van der Waals surface area contributed by atoms with Crippen molar-refractivity contribution in [3.05, 3.63) is 61.2 Å². The fraction of sp³-hybridized carbons (Fsp3) is 0.333. The summed E-state index contributed by atoms with van der Waals surface area (Å²) in [4.78, 5) is 25.8. The molecule has 1 saturated heterocycles. The van der Waals surface area contributed by atoms with E-state index in [4.69, 9.17) is 12.2 Å². The third-order valence-corrected chi connectivity index (χ3v) is 5.93. The number of hydrogen-bond donors (Lipinski definition) is 2. The molecule has 0 bridgehead atoms. The van der Waals surface area contributed by atoms with Crippen LogP contribution >= 0.6 is 34.8 Å². The highest BCUT2D eigenvalue weighted by Gasteiger charge is 2.23. The molecule has 158 valence electrons. The number of halogens is 1. The van der Waals surface area contributed by atoms with Crippen molar-refractivity contribution in [3.8, 4) is 0 Å². The minimum Gasteiger partial charge on any atom is -0.366 e. The monoisotopic (exact) mass is 538 g/mol. The summed E-state index contributed by atoms with van der Waals surface area (Å²) < 4.78 is 1.12. The zero-order valence-corrected chi connectivity index (χ0v) is 19.6. The molecule has 1 aliphatic heterocycles. The van der Waals surface area contributed by atoms with E-state index in [1.807, 2.05) is 24.0 Å². The number of nitrogens with zero attached hydrogens (tertiary/aromatic N) is 2. The number of benzene rings is 2. The molecule has 3 rings (SSSR count). The highest BCUT2D eigenvalue weighted by Crippen LogP contribution is 2.31. The van der Waals surface area contributed by atoms with Gasteiger partial charge in [-0.15, -0.1) is 0 Å². The van der Waals surface area contributed by atoms with Gasteiger partial charge in [0.05, 0.1) is 4.92 Å². The number of nitrogens with one attached hydrogen (secondary N) is 2. The molecule has 9 heteroatoms. The molecule has 1 fully saturated rings. The molecule has 1 aliphatic rings. The molecule has 2 aromatic rings. The van der Waals surface area contributed by atoms with Crippen molar-refractivity contribution in [1.29, 1.82) is 0 Å². The number of rotatable bonds is 5. The minimum atomic E-state index is -0.482. The minimum absolute atomic E-state index is 0.0608. The fourth-order valence-corrected chi connectivity index (χ4v) is 4.28. The number of amides is 1. The Hall–Kier alpha value is -2.27. The predicted octanol–water partition coefficient (Wildman–Crippen LogP) is 4.88. The standard InChI is InChI=1S/C21H23IN4O3S/c1-2-14-12-16(22)7-8-17(14)23-21(30)24-20(27)15-6-9-18(19(13-15)26(28)29)25-10-4-3-5-11-25/h6-9,12-13H,2-5,10-11H2,1H3,(H2,23,24,27,30). The Balaban J connectivity index is 1.74. The first-order chi connectivity index (χ1) is 14.4. The third kappa shape index (κ3) is 5.45. The van der Waals surface area contributed by atoms with E-state index < -0.39 is 10.8 Å². The number of thiocarbonyl (C=S) groups is 1. The van der Waals surface area contributed by atoms with Crippen LogP contribution in [0, 0.1) is 13.7 Å². The van der Waals surface area contributed by atoms with Gasteiger partial charge in [0, 0.05) is 34.0 Å². The van der Waals surface area contributed by atoms with Crippen LogP contribution in [0.2, 0.25) is 0 Å². The van der Waals surface area contributed by atoms with Crippen LogP contribution in [0.25, 0.3) is 0 Å². The molecule has 7 nitrogen and oxygen atoms in total. The van der Waals surface area contributed by atoms with Crippen molar-refractivity contribution in [2.75, 3.05) is 23.3 Å². The molecule has 0 radical (unpaired) electrons. The number of nitro groups is 1. The van der Waals surface area contributed by atoms with Crippen LogP contribution in [-0.2, 0) is 6.42 Å². The van der Waals surface area contributed by atoms with E-state index in [0.29, 0.717) is 5.69 Å². The van der Waals surface area contributed by atoms with Crippen molar-refractivity contribution >= 4 is 62.9 Å². The van der Waals surface area contributed by atoms with Gasteiger partial charge in [-0.1, -0.05) is 6.92 Å². The number of anilines is 2. The van der Waals surface area contributed by atoms with Gasteiger partial charge in [-0.25, -0.2) is 0 Å². The van der Waals surface area contributed by atoms with E-state index in [1.54, 1.807) is 12.1 Å². The van der Waals surface area contributed by atoms with Crippen molar-refractivity contribution < 1.29 is 9.72 Å². The number of hydrogen-bond acceptors (Lipinski definition) is 5. The SMILES string of the molecule is CCc1cc(I)ccc1NC(=S)NC(=O)c1ccc(N2CCCCC2)c([N+](=O)[O-])c1. The average molecular weight is 538 g/mol. The topological polar surface area (TPSA) is 87.5 Å². The maximum Gasteiger partial charge on any atom is 0.293 e. The smallest absolute Gasteiger partial charge is 0.293 e. The maximum atomic E-state index is 12.6. The van der Waals surface area contributed by atoms with Gasteiger partial charge in [0.2, 0.25) is 0 Å². The summed E-state index contributed by atoms with van der Waals surface area (Å²) in [7, 11) is 0. The van der Waals surface area contributed by atoms with Crippen LogP contribution in [0.5, 0.6) is 0 Å². The highest BCUT2D eigenvalue weighted by molar-refractivity contribution is 14.1. The molecule has 0 aliphatic carbocycles. The summed E-state index contributed by atoms with van der Waals surface area (Å²) in [6.45, 7) is 3.62. The average Bonchev–Trinajstić information content (AvgIpc) is 2.75. The maximum absolute atomic E-state index is 12.6. The Morgan fingerprint density at radius 2 is 1.93 bits per heavy atom. The number of nitro benzene ring substituents is 1. The number of piperidine rings is 1. The first-order valence-electron chi connectivity index (χ1n) is 9.83. The second-order valence-corrected chi connectivity index (χ2v) is 8.73. The second-order valence-electron chi connectivity index (χ2n) is 7.07. The molecule has 0 saturated carbocycles. The molecular formula is C21H23IN4O3S. The van der Waals surface area contributed by atoms with Gasteiger partial charge >= 0.3 is 0 Å². The highest BCUT2D eigenvalue weighted by atomic mass is 127. The van der Waals surface area contributed by atoms with E-state index in [0.717, 1.165) is 53.6 Å². The summed E-state index contributed by atoms with van der Waals surface area (Å²) >= 11 is 7.52. The molecule has 1 heterocycles. The first-order valence-corrected chi connectivity index (χ1v) is 11.3. The van der Waals surface area contributed by atoms with E-state index in [-0.39, 0.29) is 16.4 Å². The van der Waals surface area contributed by atoms with Crippen molar-refractivity contribution in [2.24, 2.45) is 0 Å². The van der Waals surface area contributed by atoms with Crippen LogP contribution in [0.1, 0.15) is 42.1 Å². The third-order valence-electron chi connectivity index (χ3n) is 5.05. The van der Waals surface area contributed by atoms with Gasteiger partial charge in [-0.3, -0.25) is 20.2 Å². The van der Waals surface area contributed by atoms with E-state index in [2.05, 4.69) is 39.3 Å². The van der Waals surface area contributed by atoms with Gasteiger partial charge < -0.3 is 10.2 Å². The Labute approximate surface area is 194 Å². The molecule has 0 unspecified atom stereocenters. The van der Waals surface area contributed by atoms with E-state index >= 15 is 0 Å². The van der Waals surface area contributed by atoms with Crippen molar-refractivity contribution in [2.45, 2.75) is 32.6 Å². The first kappa shape index (κ1) is 22.4. The second kappa shape index (κ2) is 10.2. The zero-order chi connectivity index (χ0) is 21.7. The molecule has 30 heavy (non-hydrogen) atoms. The lowest BCUT2D eigenvalue weighted by Crippen LogP contribution is -2.34. The van der Waals surface area contributed by atoms with Gasteiger partial charge in [0.25, 0.3) is 11.6 Å². The van der Waals surface area contributed by atoms with Crippen molar-refractivity contribution in [1.82, 2.24) is 5.32 Å². The lowest BCUT2D eigenvalue weighted by Gasteiger charge is -2.28. The van der Waals surface area contributed by atoms with Gasteiger partial charge in [-0.05, 0) is 96.4 Å². The van der Waals surface area contributed by atoms with Crippen LogP contribution in [-0.4, -0.2) is 29.0 Å². The normalized spacial score (nSPS) is 13.6. The molecule has 0 aromatic heterocycles. The van der Waals surface area contributed by atoms with E-state index in [9.17, 15) is 14.9 Å². The molecular weight excluding hydrogens is 515 g/mol. The largest absolute Gasteiger partial charge is 0.366 e. The fourth-order valence-electron chi connectivity index (χ4n) is 3.52. The number of carbonyl (C=O) groups excluding carboxylic acids is 1. The molecule has 0 atom stereocenters. The summed E-state index contributed by atoms with van der Waals surface area (Å²) in [5.74, 6) is -0.482. The lowest BCUT2D eigenvalue weighted by atomic mass is 10.1. The Morgan fingerprint density at radius 1 is 1.20 bits per heavy atom. The van der Waals surface area contributed by atoms with Crippen LogP contribution in [0.3, 0.4) is 0 Å². The van der Waals surface area contributed by atoms with Crippen molar-refractivity contribution in [3.63, 3.8) is 0 Å². The molecule has 2 aromatic carbocycles. The van der Waals surface area contributed by atoms with Crippen LogP contribution < -0.4 is 15.5 Å². The van der Waals surface area contributed by atoms with Crippen LogP contribution in [0.15, 0.2) is 36.4 Å². The molecule has 0 spiro atoms.